The minimum atomic E-state index is -1.10. The third kappa shape index (κ3) is 4.60. The standard InChI is InChI=1S/C19H22N4O6/c1-13-17(23(26)27)14(2)22(20-13)12-16(24)29-18(15-6-4-3-5-7-15)19(25)21-8-10-28-11-9-21/h3-7,18H,8-12H2,1-2H3/t18-/m0/s1. The van der Waals surface area contributed by atoms with Gasteiger partial charge in [-0.2, -0.15) is 5.10 Å². The average molecular weight is 402 g/mol. The number of esters is 1. The van der Waals surface area contributed by atoms with Crippen LogP contribution in [0.1, 0.15) is 23.1 Å². The number of carbonyl (C=O) groups excluding carboxylic acids is 2. The normalized spacial score (nSPS) is 15.0. The van der Waals surface area contributed by atoms with Crippen molar-refractivity contribution in [3.8, 4) is 0 Å². The van der Waals surface area contributed by atoms with E-state index in [0.717, 1.165) is 0 Å². The molecule has 154 valence electrons. The predicted molar refractivity (Wildman–Crippen MR) is 101 cm³/mol. The quantitative estimate of drug-likeness (QED) is 0.409. The Morgan fingerprint density at radius 2 is 1.90 bits per heavy atom. The zero-order chi connectivity index (χ0) is 21.0. The number of nitro groups is 1. The molecule has 1 fully saturated rings. The topological polar surface area (TPSA) is 117 Å². The molecule has 29 heavy (non-hydrogen) atoms. The number of ether oxygens (including phenoxy) is 2. The van der Waals surface area contributed by atoms with Gasteiger partial charge in [-0.15, -0.1) is 0 Å². The highest BCUT2D eigenvalue weighted by Crippen LogP contribution is 2.24. The molecule has 0 saturated carbocycles. The van der Waals surface area contributed by atoms with Crippen LogP contribution in [0.25, 0.3) is 0 Å². The van der Waals surface area contributed by atoms with Crippen LogP contribution < -0.4 is 0 Å². The number of hydrogen-bond donors (Lipinski definition) is 0. The van der Waals surface area contributed by atoms with Crippen LogP contribution in [0.5, 0.6) is 0 Å². The van der Waals surface area contributed by atoms with Gasteiger partial charge in [-0.25, -0.2) is 0 Å². The summed E-state index contributed by atoms with van der Waals surface area (Å²) in [6.07, 6.45) is -1.10. The van der Waals surface area contributed by atoms with Crippen LogP contribution in [-0.2, 0) is 25.6 Å². The van der Waals surface area contributed by atoms with Crippen molar-refractivity contribution >= 4 is 17.6 Å². The Labute approximate surface area is 167 Å². The van der Waals surface area contributed by atoms with Gasteiger partial charge in [0.2, 0.25) is 6.10 Å². The fourth-order valence-electron chi connectivity index (χ4n) is 3.24. The molecule has 0 spiro atoms. The van der Waals surface area contributed by atoms with Gasteiger partial charge in [-0.3, -0.25) is 24.4 Å². The van der Waals surface area contributed by atoms with Gasteiger partial charge in [0.15, 0.2) is 0 Å². The zero-order valence-corrected chi connectivity index (χ0v) is 16.2. The Bertz CT molecular complexity index is 905. The van der Waals surface area contributed by atoms with Gasteiger partial charge in [0, 0.05) is 18.7 Å². The Morgan fingerprint density at radius 3 is 2.48 bits per heavy atom. The Kier molecular flexibility index (Phi) is 6.23. The third-order valence-electron chi connectivity index (χ3n) is 4.70. The molecule has 1 aromatic heterocycles. The lowest BCUT2D eigenvalue weighted by molar-refractivity contribution is -0.386. The van der Waals surface area contributed by atoms with Gasteiger partial charge in [-0.1, -0.05) is 30.3 Å². The number of morpholine rings is 1. The van der Waals surface area contributed by atoms with E-state index in [1.807, 2.05) is 0 Å². The molecule has 0 unspecified atom stereocenters. The molecule has 1 aromatic carbocycles. The number of amides is 1. The van der Waals surface area contributed by atoms with E-state index in [1.165, 1.54) is 18.5 Å². The van der Waals surface area contributed by atoms with Crippen molar-refractivity contribution in [2.24, 2.45) is 0 Å². The monoisotopic (exact) mass is 402 g/mol. The van der Waals surface area contributed by atoms with Crippen molar-refractivity contribution in [2.75, 3.05) is 26.3 Å². The first-order valence-electron chi connectivity index (χ1n) is 9.18. The van der Waals surface area contributed by atoms with Crippen molar-refractivity contribution in [3.63, 3.8) is 0 Å². The molecule has 3 rings (SSSR count). The Hall–Kier alpha value is -3.27. The molecule has 10 nitrogen and oxygen atoms in total. The molecule has 0 radical (unpaired) electrons. The number of hydrogen-bond acceptors (Lipinski definition) is 7. The Morgan fingerprint density at radius 1 is 1.24 bits per heavy atom. The largest absolute Gasteiger partial charge is 0.446 e. The second-order valence-corrected chi connectivity index (χ2v) is 6.65. The molecular formula is C19H22N4O6. The van der Waals surface area contributed by atoms with E-state index in [0.29, 0.717) is 31.9 Å². The van der Waals surface area contributed by atoms with E-state index in [4.69, 9.17) is 9.47 Å². The summed E-state index contributed by atoms with van der Waals surface area (Å²) in [5.41, 5.74) is 0.878. The molecular weight excluding hydrogens is 380 g/mol. The van der Waals surface area contributed by atoms with Gasteiger partial charge in [-0.05, 0) is 13.8 Å². The molecule has 0 aliphatic carbocycles. The number of nitrogens with zero attached hydrogens (tertiary/aromatic N) is 4. The molecule has 1 atom stereocenters. The van der Waals surface area contributed by atoms with E-state index in [9.17, 15) is 19.7 Å². The van der Waals surface area contributed by atoms with Crippen molar-refractivity contribution in [3.05, 3.63) is 57.4 Å². The van der Waals surface area contributed by atoms with Crippen LogP contribution in [0.3, 0.4) is 0 Å². The van der Waals surface area contributed by atoms with Crippen molar-refractivity contribution < 1.29 is 24.0 Å². The van der Waals surface area contributed by atoms with Crippen LogP contribution in [0.2, 0.25) is 0 Å². The van der Waals surface area contributed by atoms with Gasteiger partial charge in [0.05, 0.1) is 18.1 Å². The number of aryl methyl sites for hydroxylation is 1. The number of carbonyl (C=O) groups is 2. The van der Waals surface area contributed by atoms with E-state index in [2.05, 4.69) is 5.10 Å². The molecule has 2 aromatic rings. The minimum absolute atomic E-state index is 0.137. The highest BCUT2D eigenvalue weighted by molar-refractivity contribution is 5.85. The van der Waals surface area contributed by atoms with Crippen molar-refractivity contribution in [1.82, 2.24) is 14.7 Å². The van der Waals surface area contributed by atoms with Gasteiger partial charge in [0.1, 0.15) is 17.9 Å². The van der Waals surface area contributed by atoms with Crippen LogP contribution in [-0.4, -0.2) is 57.8 Å². The van der Waals surface area contributed by atoms with E-state index in [-0.39, 0.29) is 29.5 Å². The molecule has 0 N–H and O–H groups in total. The molecule has 1 amide bonds. The number of aromatic nitrogens is 2. The smallest absolute Gasteiger partial charge is 0.328 e. The average Bonchev–Trinajstić information content (AvgIpc) is 3.00. The van der Waals surface area contributed by atoms with Gasteiger partial charge < -0.3 is 14.4 Å². The van der Waals surface area contributed by atoms with Crippen molar-refractivity contribution in [2.45, 2.75) is 26.5 Å². The van der Waals surface area contributed by atoms with Crippen LogP contribution in [0.15, 0.2) is 30.3 Å². The SMILES string of the molecule is Cc1nn(CC(=O)O[C@H](C(=O)N2CCOCC2)c2ccccc2)c(C)c1[N+](=O)[O-]. The van der Waals surface area contributed by atoms with Crippen LogP contribution >= 0.6 is 0 Å². The van der Waals surface area contributed by atoms with Crippen molar-refractivity contribution in [1.29, 1.82) is 0 Å². The second kappa shape index (κ2) is 8.82. The first-order chi connectivity index (χ1) is 13.9. The van der Waals surface area contributed by atoms with Crippen LogP contribution in [0.4, 0.5) is 5.69 Å². The maximum absolute atomic E-state index is 13.0. The Balaban J connectivity index is 1.79. The predicted octanol–water partition coefficient (Wildman–Crippen LogP) is 1.55. The van der Waals surface area contributed by atoms with Crippen LogP contribution in [0, 0.1) is 24.0 Å². The summed E-state index contributed by atoms with van der Waals surface area (Å²) in [6, 6.07) is 8.74. The maximum atomic E-state index is 13.0. The molecule has 1 aliphatic rings. The summed E-state index contributed by atoms with van der Waals surface area (Å²) < 4.78 is 12.0. The highest BCUT2D eigenvalue weighted by Gasteiger charge is 2.31. The first kappa shape index (κ1) is 20.5. The van der Waals surface area contributed by atoms with E-state index >= 15 is 0 Å². The molecule has 10 heteroatoms. The van der Waals surface area contributed by atoms with Gasteiger partial charge in [0.25, 0.3) is 5.91 Å². The molecule has 2 heterocycles. The number of rotatable bonds is 6. The lowest BCUT2D eigenvalue weighted by atomic mass is 10.1. The zero-order valence-electron chi connectivity index (χ0n) is 16.2. The minimum Gasteiger partial charge on any atom is -0.446 e. The number of benzene rings is 1. The summed E-state index contributed by atoms with van der Waals surface area (Å²) in [5.74, 6) is -1.03. The lowest BCUT2D eigenvalue weighted by Crippen LogP contribution is -2.44. The summed E-state index contributed by atoms with van der Waals surface area (Å²) in [5, 5.41) is 15.2. The van der Waals surface area contributed by atoms with E-state index in [1.54, 1.807) is 35.2 Å². The summed E-state index contributed by atoms with van der Waals surface area (Å²) in [6.45, 7) is 4.38. The summed E-state index contributed by atoms with van der Waals surface area (Å²) >= 11 is 0. The lowest BCUT2D eigenvalue weighted by Gasteiger charge is -2.30. The third-order valence-corrected chi connectivity index (χ3v) is 4.70. The maximum Gasteiger partial charge on any atom is 0.328 e. The molecule has 1 saturated heterocycles. The highest BCUT2D eigenvalue weighted by atomic mass is 16.6. The second-order valence-electron chi connectivity index (χ2n) is 6.65. The fourth-order valence-corrected chi connectivity index (χ4v) is 3.24. The van der Waals surface area contributed by atoms with E-state index < -0.39 is 17.0 Å². The molecule has 1 aliphatic heterocycles. The summed E-state index contributed by atoms with van der Waals surface area (Å²) in [4.78, 5) is 37.8. The molecule has 0 bridgehead atoms. The fraction of sp³-hybridized carbons (Fsp3) is 0.421. The summed E-state index contributed by atoms with van der Waals surface area (Å²) in [7, 11) is 0. The van der Waals surface area contributed by atoms with Gasteiger partial charge >= 0.3 is 11.7 Å². The first-order valence-corrected chi connectivity index (χ1v) is 9.18.